The first-order valence-corrected chi connectivity index (χ1v) is 7.78. The fraction of sp³-hybridized carbons (Fsp3) is 0.571. The molecule has 20 heavy (non-hydrogen) atoms. The number of rotatable bonds is 8. The van der Waals surface area contributed by atoms with Crippen LogP contribution < -0.4 is 5.32 Å². The van der Waals surface area contributed by atoms with Crippen molar-refractivity contribution < 1.29 is 4.92 Å². The number of benzene rings is 1. The van der Waals surface area contributed by atoms with Crippen LogP contribution in [-0.2, 0) is 6.54 Å². The fourth-order valence-corrected chi connectivity index (χ4v) is 2.77. The Balaban J connectivity index is 1.84. The zero-order valence-corrected chi connectivity index (χ0v) is 13.2. The summed E-state index contributed by atoms with van der Waals surface area (Å²) in [6.45, 7) is 5.63. The molecule has 0 atom stereocenters. The third-order valence-corrected chi connectivity index (χ3v) is 4.09. The number of nitro benzene ring substituents is 1. The third-order valence-electron chi connectivity index (χ3n) is 3.60. The molecule has 1 saturated carbocycles. The fourth-order valence-electron chi connectivity index (χ4n) is 2.36. The van der Waals surface area contributed by atoms with E-state index in [0.717, 1.165) is 35.7 Å². The second-order valence-electron chi connectivity index (χ2n) is 5.07. The summed E-state index contributed by atoms with van der Waals surface area (Å²) >= 11 is 3.36. The maximum absolute atomic E-state index is 11.0. The van der Waals surface area contributed by atoms with E-state index in [9.17, 15) is 10.1 Å². The van der Waals surface area contributed by atoms with Crippen molar-refractivity contribution in [1.29, 1.82) is 0 Å². The first-order chi connectivity index (χ1) is 9.61. The van der Waals surface area contributed by atoms with Crippen LogP contribution in [0.15, 0.2) is 22.7 Å². The average Bonchev–Trinajstić information content (AvgIpc) is 3.23. The standard InChI is InChI=1S/C14H20BrN3O2/c1-2-17(13-4-5-13)8-7-16-10-11-9-12(15)3-6-14(11)18(19)20/h3,6,9,13,16H,2,4-5,7-8,10H2,1H3. The molecule has 0 saturated heterocycles. The van der Waals surface area contributed by atoms with Gasteiger partial charge in [-0.3, -0.25) is 15.0 Å². The highest BCUT2D eigenvalue weighted by Gasteiger charge is 2.27. The molecule has 0 heterocycles. The highest BCUT2D eigenvalue weighted by Crippen LogP contribution is 2.26. The molecule has 1 aliphatic rings. The Morgan fingerprint density at radius 3 is 2.85 bits per heavy atom. The molecule has 6 heteroatoms. The Morgan fingerprint density at radius 2 is 2.25 bits per heavy atom. The quantitative estimate of drug-likeness (QED) is 0.448. The Labute approximate surface area is 127 Å². The van der Waals surface area contributed by atoms with E-state index in [1.54, 1.807) is 12.1 Å². The Kier molecular flexibility index (Phi) is 5.51. The molecule has 0 radical (unpaired) electrons. The van der Waals surface area contributed by atoms with Crippen LogP contribution in [0.25, 0.3) is 0 Å². The van der Waals surface area contributed by atoms with Gasteiger partial charge in [-0.1, -0.05) is 22.9 Å². The van der Waals surface area contributed by atoms with Gasteiger partial charge in [-0.15, -0.1) is 0 Å². The van der Waals surface area contributed by atoms with Gasteiger partial charge in [0.25, 0.3) is 5.69 Å². The van der Waals surface area contributed by atoms with Crippen molar-refractivity contribution in [3.63, 3.8) is 0 Å². The van der Waals surface area contributed by atoms with Crippen LogP contribution in [0.5, 0.6) is 0 Å². The largest absolute Gasteiger partial charge is 0.311 e. The van der Waals surface area contributed by atoms with Crippen LogP contribution in [0.1, 0.15) is 25.3 Å². The van der Waals surface area contributed by atoms with Gasteiger partial charge >= 0.3 is 0 Å². The molecule has 0 aliphatic heterocycles. The molecule has 0 spiro atoms. The van der Waals surface area contributed by atoms with Crippen molar-refractivity contribution in [1.82, 2.24) is 10.2 Å². The number of hydrogen-bond donors (Lipinski definition) is 1. The summed E-state index contributed by atoms with van der Waals surface area (Å²) in [6.07, 6.45) is 2.62. The topological polar surface area (TPSA) is 58.4 Å². The van der Waals surface area contributed by atoms with Crippen molar-refractivity contribution in [2.45, 2.75) is 32.4 Å². The molecule has 2 rings (SSSR count). The zero-order valence-electron chi connectivity index (χ0n) is 11.6. The van der Waals surface area contributed by atoms with Crippen LogP contribution in [0, 0.1) is 10.1 Å². The van der Waals surface area contributed by atoms with Crippen molar-refractivity contribution in [2.75, 3.05) is 19.6 Å². The van der Waals surface area contributed by atoms with Gasteiger partial charge < -0.3 is 5.32 Å². The van der Waals surface area contributed by atoms with Gasteiger partial charge in [-0.05, 0) is 31.5 Å². The molecule has 110 valence electrons. The number of hydrogen-bond acceptors (Lipinski definition) is 4. The molecule has 0 aromatic heterocycles. The minimum atomic E-state index is -0.327. The van der Waals surface area contributed by atoms with Gasteiger partial charge in [0.2, 0.25) is 0 Å². The SMILES string of the molecule is CCN(CCNCc1cc(Br)ccc1[N+](=O)[O-])C1CC1. The van der Waals surface area contributed by atoms with E-state index >= 15 is 0 Å². The Morgan fingerprint density at radius 1 is 1.50 bits per heavy atom. The Bertz CT molecular complexity index is 477. The summed E-state index contributed by atoms with van der Waals surface area (Å²) in [5.41, 5.74) is 0.897. The van der Waals surface area contributed by atoms with E-state index in [4.69, 9.17) is 0 Å². The number of nitro groups is 1. The number of nitrogens with zero attached hydrogens (tertiary/aromatic N) is 2. The molecular formula is C14H20BrN3O2. The molecule has 0 unspecified atom stereocenters. The molecule has 0 bridgehead atoms. The monoisotopic (exact) mass is 341 g/mol. The summed E-state index contributed by atoms with van der Waals surface area (Å²) in [5, 5.41) is 14.3. The lowest BCUT2D eigenvalue weighted by Gasteiger charge is -2.19. The first-order valence-electron chi connectivity index (χ1n) is 6.99. The van der Waals surface area contributed by atoms with E-state index in [2.05, 4.69) is 33.1 Å². The summed E-state index contributed by atoms with van der Waals surface area (Å²) in [6, 6.07) is 5.82. The molecule has 1 fully saturated rings. The number of halogens is 1. The van der Waals surface area contributed by atoms with Crippen molar-refractivity contribution in [3.05, 3.63) is 38.3 Å². The molecule has 5 nitrogen and oxygen atoms in total. The molecule has 0 amide bonds. The summed E-state index contributed by atoms with van der Waals surface area (Å²) < 4.78 is 0.869. The maximum atomic E-state index is 11.0. The predicted octanol–water partition coefficient (Wildman–Crippen LogP) is 2.93. The Hall–Kier alpha value is -0.980. The minimum absolute atomic E-state index is 0.176. The van der Waals surface area contributed by atoms with Gasteiger partial charge in [-0.2, -0.15) is 0 Å². The maximum Gasteiger partial charge on any atom is 0.273 e. The summed E-state index contributed by atoms with van der Waals surface area (Å²) in [5.74, 6) is 0. The van der Waals surface area contributed by atoms with Crippen LogP contribution >= 0.6 is 15.9 Å². The van der Waals surface area contributed by atoms with Crippen LogP contribution in [0.4, 0.5) is 5.69 Å². The van der Waals surface area contributed by atoms with E-state index in [1.807, 2.05) is 6.07 Å². The lowest BCUT2D eigenvalue weighted by molar-refractivity contribution is -0.385. The second kappa shape index (κ2) is 7.15. The summed E-state index contributed by atoms with van der Waals surface area (Å²) in [4.78, 5) is 13.1. The molecule has 1 N–H and O–H groups in total. The van der Waals surface area contributed by atoms with Crippen LogP contribution in [0.2, 0.25) is 0 Å². The lowest BCUT2D eigenvalue weighted by atomic mass is 10.2. The van der Waals surface area contributed by atoms with E-state index in [1.165, 1.54) is 12.8 Å². The normalized spacial score (nSPS) is 14.8. The van der Waals surface area contributed by atoms with Crippen LogP contribution in [-0.4, -0.2) is 35.5 Å². The van der Waals surface area contributed by atoms with Gasteiger partial charge in [0.1, 0.15) is 0 Å². The van der Waals surface area contributed by atoms with Gasteiger partial charge in [0.05, 0.1) is 4.92 Å². The van der Waals surface area contributed by atoms with E-state index in [0.29, 0.717) is 6.54 Å². The zero-order chi connectivity index (χ0) is 14.5. The lowest BCUT2D eigenvalue weighted by Crippen LogP contribution is -2.33. The highest BCUT2D eigenvalue weighted by atomic mass is 79.9. The smallest absolute Gasteiger partial charge is 0.273 e. The van der Waals surface area contributed by atoms with E-state index < -0.39 is 0 Å². The van der Waals surface area contributed by atoms with Gasteiger partial charge in [0.15, 0.2) is 0 Å². The highest BCUT2D eigenvalue weighted by molar-refractivity contribution is 9.10. The van der Waals surface area contributed by atoms with Crippen molar-refractivity contribution in [3.8, 4) is 0 Å². The molecule has 1 aromatic rings. The van der Waals surface area contributed by atoms with Gasteiger partial charge in [0, 0.05) is 41.8 Å². The third kappa shape index (κ3) is 4.26. The molecular weight excluding hydrogens is 322 g/mol. The number of likely N-dealkylation sites (N-methyl/N-ethyl adjacent to an activating group) is 1. The van der Waals surface area contributed by atoms with Crippen molar-refractivity contribution in [2.24, 2.45) is 0 Å². The molecule has 1 aromatic carbocycles. The average molecular weight is 342 g/mol. The van der Waals surface area contributed by atoms with Gasteiger partial charge in [-0.25, -0.2) is 0 Å². The minimum Gasteiger partial charge on any atom is -0.311 e. The first kappa shape index (κ1) is 15.4. The van der Waals surface area contributed by atoms with Crippen molar-refractivity contribution >= 4 is 21.6 Å². The molecule has 1 aliphatic carbocycles. The predicted molar refractivity (Wildman–Crippen MR) is 82.8 cm³/mol. The van der Waals surface area contributed by atoms with E-state index in [-0.39, 0.29) is 10.6 Å². The number of nitrogens with one attached hydrogen (secondary N) is 1. The summed E-state index contributed by atoms with van der Waals surface area (Å²) in [7, 11) is 0. The second-order valence-corrected chi connectivity index (χ2v) is 5.98. The van der Waals surface area contributed by atoms with Crippen LogP contribution in [0.3, 0.4) is 0 Å².